The molecule has 0 aromatic rings. The number of guanidine groups is 1. The van der Waals surface area contributed by atoms with Crippen LogP contribution in [0.25, 0.3) is 0 Å². The van der Waals surface area contributed by atoms with Gasteiger partial charge in [-0.1, -0.05) is 18.6 Å². The van der Waals surface area contributed by atoms with Gasteiger partial charge in [-0.3, -0.25) is 4.99 Å². The van der Waals surface area contributed by atoms with Gasteiger partial charge >= 0.3 is 0 Å². The zero-order valence-electron chi connectivity index (χ0n) is 14.2. The van der Waals surface area contributed by atoms with E-state index in [4.69, 9.17) is 4.99 Å². The quantitative estimate of drug-likeness (QED) is 0.228. The first-order valence-electron chi connectivity index (χ1n) is 8.73. The third kappa shape index (κ3) is 6.86. The van der Waals surface area contributed by atoms with E-state index in [1.54, 1.807) is 0 Å². The Morgan fingerprint density at radius 3 is 2.73 bits per heavy atom. The molecule has 2 aliphatic rings. The largest absolute Gasteiger partial charge is 0.357 e. The van der Waals surface area contributed by atoms with Gasteiger partial charge in [0.1, 0.15) is 0 Å². The predicted octanol–water partition coefficient (Wildman–Crippen LogP) is 3.14. The van der Waals surface area contributed by atoms with Gasteiger partial charge in [-0.15, -0.1) is 24.0 Å². The lowest BCUT2D eigenvalue weighted by molar-refractivity contribution is 0.160. The Kier molecular flexibility index (Phi) is 10.1. The van der Waals surface area contributed by atoms with Crippen LogP contribution >= 0.6 is 24.0 Å². The fraction of sp³-hybridized carbons (Fsp3) is 0.824. The highest BCUT2D eigenvalue weighted by Gasteiger charge is 2.17. The van der Waals surface area contributed by atoms with E-state index in [-0.39, 0.29) is 24.0 Å². The molecular weight excluding hydrogens is 387 g/mol. The van der Waals surface area contributed by atoms with Crippen molar-refractivity contribution in [2.45, 2.75) is 64.5 Å². The lowest BCUT2D eigenvalue weighted by atomic mass is 10.0. The van der Waals surface area contributed by atoms with Gasteiger partial charge in [0.25, 0.3) is 0 Å². The first-order chi connectivity index (χ1) is 10.3. The molecule has 4 nitrogen and oxygen atoms in total. The Bertz CT molecular complexity index is 349. The molecule has 1 fully saturated rings. The number of aliphatic imine (C=N–C) groups is 1. The maximum absolute atomic E-state index is 4.73. The van der Waals surface area contributed by atoms with Gasteiger partial charge in [-0.25, -0.2) is 0 Å². The molecule has 0 amide bonds. The standard InChI is InChI=1S/C17H32N4.HI/c1-3-18-17(20-16-10-4-5-11-16)19-12-8-14-21-13-7-6-9-15(21)2;/h4-5,15-16H,3,6-14H2,1-2H3,(H2,18,19,20);1H. The van der Waals surface area contributed by atoms with Crippen molar-refractivity contribution in [3.8, 4) is 0 Å². The molecule has 5 heteroatoms. The van der Waals surface area contributed by atoms with E-state index in [1.807, 2.05) is 0 Å². The van der Waals surface area contributed by atoms with E-state index < -0.39 is 0 Å². The highest BCUT2D eigenvalue weighted by atomic mass is 127. The molecule has 1 aliphatic heterocycles. The number of hydrogen-bond donors (Lipinski definition) is 2. The van der Waals surface area contributed by atoms with Crippen LogP contribution in [0, 0.1) is 0 Å². The molecule has 1 unspecified atom stereocenters. The number of rotatable bonds is 6. The molecule has 0 bridgehead atoms. The predicted molar refractivity (Wildman–Crippen MR) is 106 cm³/mol. The zero-order valence-corrected chi connectivity index (χ0v) is 16.5. The second kappa shape index (κ2) is 11.3. The van der Waals surface area contributed by atoms with Gasteiger partial charge in [-0.05, 0) is 52.5 Å². The molecule has 1 heterocycles. The number of piperidine rings is 1. The Hall–Kier alpha value is -0.300. The van der Waals surface area contributed by atoms with Gasteiger partial charge in [0, 0.05) is 31.7 Å². The molecule has 22 heavy (non-hydrogen) atoms. The fourth-order valence-corrected chi connectivity index (χ4v) is 3.20. The van der Waals surface area contributed by atoms with Crippen LogP contribution in [-0.4, -0.2) is 49.1 Å². The van der Waals surface area contributed by atoms with Crippen LogP contribution in [0.5, 0.6) is 0 Å². The monoisotopic (exact) mass is 420 g/mol. The maximum atomic E-state index is 4.73. The Morgan fingerprint density at radius 2 is 2.05 bits per heavy atom. The van der Waals surface area contributed by atoms with Crippen LogP contribution in [0.15, 0.2) is 17.1 Å². The average Bonchev–Trinajstić information content (AvgIpc) is 2.98. The van der Waals surface area contributed by atoms with E-state index >= 15 is 0 Å². The zero-order chi connectivity index (χ0) is 14.9. The van der Waals surface area contributed by atoms with E-state index in [9.17, 15) is 0 Å². The minimum atomic E-state index is 0. The smallest absolute Gasteiger partial charge is 0.191 e. The van der Waals surface area contributed by atoms with Gasteiger partial charge in [0.2, 0.25) is 0 Å². The summed E-state index contributed by atoms with van der Waals surface area (Å²) in [5.41, 5.74) is 0. The van der Waals surface area contributed by atoms with E-state index in [0.29, 0.717) is 6.04 Å². The van der Waals surface area contributed by atoms with Crippen molar-refractivity contribution in [2.24, 2.45) is 4.99 Å². The Morgan fingerprint density at radius 1 is 1.27 bits per heavy atom. The molecule has 2 N–H and O–H groups in total. The van der Waals surface area contributed by atoms with E-state index in [2.05, 4.69) is 41.5 Å². The summed E-state index contributed by atoms with van der Waals surface area (Å²) in [6.45, 7) is 8.79. The third-order valence-electron chi connectivity index (χ3n) is 4.51. The topological polar surface area (TPSA) is 39.7 Å². The van der Waals surface area contributed by atoms with Gasteiger partial charge in [-0.2, -0.15) is 0 Å². The van der Waals surface area contributed by atoms with Gasteiger partial charge < -0.3 is 15.5 Å². The first kappa shape index (κ1) is 19.7. The van der Waals surface area contributed by atoms with Crippen molar-refractivity contribution in [3.63, 3.8) is 0 Å². The van der Waals surface area contributed by atoms with Crippen molar-refractivity contribution < 1.29 is 0 Å². The molecular formula is C17H33IN4. The highest BCUT2D eigenvalue weighted by Crippen LogP contribution is 2.16. The van der Waals surface area contributed by atoms with Gasteiger partial charge in [0.05, 0.1) is 0 Å². The molecule has 0 saturated carbocycles. The summed E-state index contributed by atoms with van der Waals surface area (Å²) >= 11 is 0. The highest BCUT2D eigenvalue weighted by molar-refractivity contribution is 14.0. The van der Waals surface area contributed by atoms with Crippen LogP contribution in [-0.2, 0) is 0 Å². The fourth-order valence-electron chi connectivity index (χ4n) is 3.20. The number of halogens is 1. The summed E-state index contributed by atoms with van der Waals surface area (Å²) < 4.78 is 0. The van der Waals surface area contributed by atoms with E-state index in [0.717, 1.165) is 44.4 Å². The second-order valence-electron chi connectivity index (χ2n) is 6.28. The lowest BCUT2D eigenvalue weighted by Crippen LogP contribution is -2.42. The molecule has 1 aliphatic carbocycles. The second-order valence-corrected chi connectivity index (χ2v) is 6.28. The molecule has 0 aromatic heterocycles. The Balaban J connectivity index is 0.00000242. The van der Waals surface area contributed by atoms with Crippen LogP contribution in [0.1, 0.15) is 52.4 Å². The summed E-state index contributed by atoms with van der Waals surface area (Å²) in [5, 5.41) is 6.88. The van der Waals surface area contributed by atoms with Crippen molar-refractivity contribution in [3.05, 3.63) is 12.2 Å². The van der Waals surface area contributed by atoms with Crippen molar-refractivity contribution in [2.75, 3.05) is 26.2 Å². The average molecular weight is 420 g/mol. The van der Waals surface area contributed by atoms with Crippen LogP contribution < -0.4 is 10.6 Å². The number of likely N-dealkylation sites (tertiary alicyclic amines) is 1. The van der Waals surface area contributed by atoms with Crippen LogP contribution in [0.2, 0.25) is 0 Å². The third-order valence-corrected chi connectivity index (χ3v) is 4.51. The molecule has 2 rings (SSSR count). The molecule has 1 saturated heterocycles. The summed E-state index contributed by atoms with van der Waals surface area (Å²) in [6, 6.07) is 1.29. The number of nitrogens with zero attached hydrogens (tertiary/aromatic N) is 2. The number of hydrogen-bond acceptors (Lipinski definition) is 2. The van der Waals surface area contributed by atoms with Crippen molar-refractivity contribution in [1.82, 2.24) is 15.5 Å². The lowest BCUT2D eigenvalue weighted by Gasteiger charge is -2.33. The van der Waals surface area contributed by atoms with Gasteiger partial charge in [0.15, 0.2) is 5.96 Å². The maximum Gasteiger partial charge on any atom is 0.191 e. The van der Waals surface area contributed by atoms with E-state index in [1.165, 1.54) is 32.4 Å². The first-order valence-corrected chi connectivity index (χ1v) is 8.73. The summed E-state index contributed by atoms with van der Waals surface area (Å²) in [6.07, 6.45) is 12.0. The summed E-state index contributed by atoms with van der Waals surface area (Å²) in [5.74, 6) is 0.984. The molecule has 0 aromatic carbocycles. The molecule has 0 radical (unpaired) electrons. The molecule has 1 atom stereocenters. The normalized spacial score (nSPS) is 23.4. The minimum absolute atomic E-state index is 0. The summed E-state index contributed by atoms with van der Waals surface area (Å²) in [4.78, 5) is 7.35. The van der Waals surface area contributed by atoms with Crippen LogP contribution in [0.4, 0.5) is 0 Å². The molecule has 0 spiro atoms. The SMILES string of the molecule is CCNC(=NCCCN1CCCCC1C)NC1CC=CC1.I. The number of nitrogens with one attached hydrogen (secondary N) is 2. The van der Waals surface area contributed by atoms with Crippen molar-refractivity contribution >= 4 is 29.9 Å². The summed E-state index contributed by atoms with van der Waals surface area (Å²) in [7, 11) is 0. The van der Waals surface area contributed by atoms with Crippen LogP contribution in [0.3, 0.4) is 0 Å². The minimum Gasteiger partial charge on any atom is -0.357 e. The Labute approximate surface area is 153 Å². The van der Waals surface area contributed by atoms with Crippen molar-refractivity contribution in [1.29, 1.82) is 0 Å². The molecule has 128 valence electrons.